The summed E-state index contributed by atoms with van der Waals surface area (Å²) >= 11 is 0. The Bertz CT molecular complexity index is 348. The second kappa shape index (κ2) is 5.26. The van der Waals surface area contributed by atoms with Crippen molar-refractivity contribution in [3.05, 3.63) is 35.4 Å². The zero-order chi connectivity index (χ0) is 11.4. The molecule has 2 heteroatoms. The number of hydrogen-bond donors (Lipinski definition) is 0. The van der Waals surface area contributed by atoms with Gasteiger partial charge in [-0.15, -0.1) is 0 Å². The Morgan fingerprint density at radius 2 is 1.88 bits per heavy atom. The fraction of sp³-hybridized carbons (Fsp3) is 0.500. The van der Waals surface area contributed by atoms with Gasteiger partial charge in [0.15, 0.2) is 0 Å². The number of Topliss-reactive ketones (excluding diaryl/α,β-unsaturated/α-hetero) is 1. The summed E-state index contributed by atoms with van der Waals surface area (Å²) < 4.78 is 5.35. The molecule has 0 aromatic heterocycles. The summed E-state index contributed by atoms with van der Waals surface area (Å²) in [6, 6.07) is 8.47. The van der Waals surface area contributed by atoms with Crippen LogP contribution < -0.4 is 0 Å². The molecule has 1 aliphatic rings. The van der Waals surface area contributed by atoms with Crippen molar-refractivity contribution in [2.75, 3.05) is 13.2 Å². The van der Waals surface area contributed by atoms with E-state index in [-0.39, 0.29) is 5.78 Å². The standard InChI is InChI=1S/C14H18O2/c1-11(15)10-12-2-4-13(5-3-12)14-6-8-16-9-7-14/h2-5,14H,6-10H2,1H3. The van der Waals surface area contributed by atoms with Gasteiger partial charge >= 0.3 is 0 Å². The van der Waals surface area contributed by atoms with Crippen LogP contribution in [0.15, 0.2) is 24.3 Å². The minimum Gasteiger partial charge on any atom is -0.381 e. The van der Waals surface area contributed by atoms with Gasteiger partial charge in [0.25, 0.3) is 0 Å². The molecule has 1 aromatic rings. The Morgan fingerprint density at radius 1 is 1.25 bits per heavy atom. The summed E-state index contributed by atoms with van der Waals surface area (Å²) in [6.45, 7) is 3.38. The quantitative estimate of drug-likeness (QED) is 0.779. The summed E-state index contributed by atoms with van der Waals surface area (Å²) in [6.07, 6.45) is 2.78. The Labute approximate surface area is 96.6 Å². The van der Waals surface area contributed by atoms with E-state index in [0.29, 0.717) is 12.3 Å². The van der Waals surface area contributed by atoms with E-state index >= 15 is 0 Å². The van der Waals surface area contributed by atoms with Crippen LogP contribution in [0.4, 0.5) is 0 Å². The topological polar surface area (TPSA) is 26.3 Å². The van der Waals surface area contributed by atoms with Crippen molar-refractivity contribution in [3.8, 4) is 0 Å². The van der Waals surface area contributed by atoms with E-state index in [2.05, 4.69) is 24.3 Å². The highest BCUT2D eigenvalue weighted by Crippen LogP contribution is 2.26. The molecule has 0 radical (unpaired) electrons. The van der Waals surface area contributed by atoms with Crippen LogP contribution in [0.1, 0.15) is 36.8 Å². The van der Waals surface area contributed by atoms with Gasteiger partial charge in [0.2, 0.25) is 0 Å². The molecule has 0 saturated carbocycles. The molecule has 2 rings (SSSR count). The molecule has 1 fully saturated rings. The number of ether oxygens (including phenoxy) is 1. The SMILES string of the molecule is CC(=O)Cc1ccc(C2CCOCC2)cc1. The molecule has 16 heavy (non-hydrogen) atoms. The lowest BCUT2D eigenvalue weighted by Gasteiger charge is -2.22. The van der Waals surface area contributed by atoms with Crippen LogP contribution in [0.2, 0.25) is 0 Å². The van der Waals surface area contributed by atoms with Gasteiger partial charge < -0.3 is 4.74 Å². The molecule has 0 N–H and O–H groups in total. The molecule has 0 unspecified atom stereocenters. The molecule has 1 heterocycles. The Morgan fingerprint density at radius 3 is 2.44 bits per heavy atom. The lowest BCUT2D eigenvalue weighted by Crippen LogP contribution is -2.14. The Balaban J connectivity index is 2.03. The van der Waals surface area contributed by atoms with Gasteiger partial charge in [-0.3, -0.25) is 4.79 Å². The largest absolute Gasteiger partial charge is 0.381 e. The summed E-state index contributed by atoms with van der Waals surface area (Å²) in [5, 5.41) is 0. The first-order valence-corrected chi connectivity index (χ1v) is 5.92. The van der Waals surface area contributed by atoms with Gasteiger partial charge in [0, 0.05) is 19.6 Å². The molecule has 0 amide bonds. The molecule has 1 aliphatic heterocycles. The van der Waals surface area contributed by atoms with Gasteiger partial charge in [-0.2, -0.15) is 0 Å². The van der Waals surface area contributed by atoms with Gasteiger partial charge in [-0.1, -0.05) is 24.3 Å². The van der Waals surface area contributed by atoms with Crippen molar-refractivity contribution in [1.82, 2.24) is 0 Å². The Hall–Kier alpha value is -1.15. The predicted octanol–water partition coefficient (Wildman–Crippen LogP) is 2.71. The van der Waals surface area contributed by atoms with Gasteiger partial charge in [-0.05, 0) is 36.8 Å². The van der Waals surface area contributed by atoms with E-state index in [1.807, 2.05) is 0 Å². The average Bonchev–Trinajstić information content (AvgIpc) is 2.30. The lowest BCUT2D eigenvalue weighted by molar-refractivity contribution is -0.116. The highest BCUT2D eigenvalue weighted by atomic mass is 16.5. The zero-order valence-electron chi connectivity index (χ0n) is 9.74. The van der Waals surface area contributed by atoms with Crippen LogP contribution in [-0.4, -0.2) is 19.0 Å². The number of hydrogen-bond acceptors (Lipinski definition) is 2. The summed E-state index contributed by atoms with van der Waals surface area (Å²) in [5.74, 6) is 0.860. The number of rotatable bonds is 3. The van der Waals surface area contributed by atoms with E-state index in [0.717, 1.165) is 31.6 Å². The number of benzene rings is 1. The molecule has 0 atom stereocenters. The summed E-state index contributed by atoms with van der Waals surface area (Å²) in [5.41, 5.74) is 2.50. The molecule has 1 aromatic carbocycles. The van der Waals surface area contributed by atoms with Crippen LogP contribution in [0.25, 0.3) is 0 Å². The first-order valence-electron chi connectivity index (χ1n) is 5.92. The molecular weight excluding hydrogens is 200 g/mol. The van der Waals surface area contributed by atoms with Crippen molar-refractivity contribution in [2.45, 2.75) is 32.1 Å². The maximum atomic E-state index is 11.0. The first-order chi connectivity index (χ1) is 7.75. The lowest BCUT2D eigenvalue weighted by atomic mass is 9.91. The molecule has 86 valence electrons. The fourth-order valence-electron chi connectivity index (χ4n) is 2.23. The molecular formula is C14H18O2. The van der Waals surface area contributed by atoms with Gasteiger partial charge in [-0.25, -0.2) is 0 Å². The van der Waals surface area contributed by atoms with Crippen LogP contribution in [0, 0.1) is 0 Å². The van der Waals surface area contributed by atoms with Crippen molar-refractivity contribution in [2.24, 2.45) is 0 Å². The monoisotopic (exact) mass is 218 g/mol. The summed E-state index contributed by atoms with van der Waals surface area (Å²) in [7, 11) is 0. The van der Waals surface area contributed by atoms with Crippen LogP contribution in [0.5, 0.6) is 0 Å². The highest BCUT2D eigenvalue weighted by Gasteiger charge is 2.15. The third kappa shape index (κ3) is 2.92. The highest BCUT2D eigenvalue weighted by molar-refractivity contribution is 5.78. The average molecular weight is 218 g/mol. The summed E-state index contributed by atoms with van der Waals surface area (Å²) in [4.78, 5) is 11.0. The van der Waals surface area contributed by atoms with Crippen molar-refractivity contribution >= 4 is 5.78 Å². The Kier molecular flexibility index (Phi) is 3.73. The number of ketones is 1. The maximum absolute atomic E-state index is 11.0. The molecule has 2 nitrogen and oxygen atoms in total. The molecule has 0 aliphatic carbocycles. The molecule has 0 bridgehead atoms. The third-order valence-electron chi connectivity index (χ3n) is 3.13. The van der Waals surface area contributed by atoms with E-state index < -0.39 is 0 Å². The fourth-order valence-corrected chi connectivity index (χ4v) is 2.23. The second-order valence-corrected chi connectivity index (χ2v) is 4.51. The minimum atomic E-state index is 0.221. The van der Waals surface area contributed by atoms with Gasteiger partial charge in [0.1, 0.15) is 5.78 Å². The second-order valence-electron chi connectivity index (χ2n) is 4.51. The van der Waals surface area contributed by atoms with Crippen LogP contribution in [0.3, 0.4) is 0 Å². The first kappa shape index (κ1) is 11.3. The number of carbonyl (C=O) groups excluding carboxylic acids is 1. The third-order valence-corrected chi connectivity index (χ3v) is 3.13. The van der Waals surface area contributed by atoms with Crippen molar-refractivity contribution in [3.63, 3.8) is 0 Å². The van der Waals surface area contributed by atoms with Crippen molar-refractivity contribution in [1.29, 1.82) is 0 Å². The zero-order valence-corrected chi connectivity index (χ0v) is 9.74. The molecule has 0 spiro atoms. The van der Waals surface area contributed by atoms with E-state index in [4.69, 9.17) is 4.74 Å². The smallest absolute Gasteiger partial charge is 0.134 e. The van der Waals surface area contributed by atoms with Crippen LogP contribution in [-0.2, 0) is 16.0 Å². The van der Waals surface area contributed by atoms with Crippen molar-refractivity contribution < 1.29 is 9.53 Å². The maximum Gasteiger partial charge on any atom is 0.134 e. The van der Waals surface area contributed by atoms with E-state index in [1.165, 1.54) is 5.56 Å². The minimum absolute atomic E-state index is 0.221. The number of carbonyl (C=O) groups is 1. The van der Waals surface area contributed by atoms with E-state index in [1.54, 1.807) is 6.92 Å². The molecule has 1 saturated heterocycles. The predicted molar refractivity (Wildman–Crippen MR) is 63.6 cm³/mol. The van der Waals surface area contributed by atoms with Crippen LogP contribution >= 0.6 is 0 Å². The normalized spacial score (nSPS) is 17.3. The van der Waals surface area contributed by atoms with Gasteiger partial charge in [0.05, 0.1) is 0 Å². The van der Waals surface area contributed by atoms with E-state index in [9.17, 15) is 4.79 Å².